The normalized spacial score (nSPS) is 50.0. The summed E-state index contributed by atoms with van der Waals surface area (Å²) in [5.74, 6) is 1.54. The fraction of sp³-hybridized carbons (Fsp3) is 0.762. The molecule has 7 atom stereocenters. The Kier molecular flexibility index (Phi) is 4.78. The van der Waals surface area contributed by atoms with Gasteiger partial charge in [-0.1, -0.05) is 31.6 Å². The molecule has 0 heterocycles. The molecule has 3 aliphatic rings. The van der Waals surface area contributed by atoms with Crippen LogP contribution < -0.4 is 0 Å². The summed E-state index contributed by atoms with van der Waals surface area (Å²) < 4.78 is 0. The average molecular weight is 332 g/mol. The van der Waals surface area contributed by atoms with E-state index in [1.165, 1.54) is 5.57 Å². The van der Waals surface area contributed by atoms with E-state index in [0.717, 1.165) is 38.4 Å². The van der Waals surface area contributed by atoms with Crippen LogP contribution in [0.5, 0.6) is 0 Å². The summed E-state index contributed by atoms with van der Waals surface area (Å²) in [6.45, 7) is 6.79. The number of carbonyl (C=O) groups excluding carboxylic acids is 1. The molecular formula is C21H32O3. The van der Waals surface area contributed by atoms with Crippen molar-refractivity contribution in [3.8, 4) is 0 Å². The number of aliphatic hydroxyl groups excluding tert-OH is 2. The van der Waals surface area contributed by atoms with Gasteiger partial charge < -0.3 is 10.2 Å². The Balaban J connectivity index is 2.02. The smallest absolute Gasteiger partial charge is 0.142 e. The van der Waals surface area contributed by atoms with Gasteiger partial charge >= 0.3 is 0 Å². The minimum atomic E-state index is -0.375. The highest BCUT2D eigenvalue weighted by Crippen LogP contribution is 2.65. The number of hydrogen-bond donors (Lipinski definition) is 2. The second kappa shape index (κ2) is 6.42. The topological polar surface area (TPSA) is 57.5 Å². The lowest BCUT2D eigenvalue weighted by atomic mass is 9.47. The van der Waals surface area contributed by atoms with Crippen LogP contribution >= 0.6 is 0 Å². The van der Waals surface area contributed by atoms with Gasteiger partial charge in [0.15, 0.2) is 0 Å². The number of hydrogen-bond acceptors (Lipinski definition) is 3. The zero-order chi connectivity index (χ0) is 17.5. The molecule has 0 radical (unpaired) electrons. The molecule has 0 bridgehead atoms. The van der Waals surface area contributed by atoms with Gasteiger partial charge in [-0.2, -0.15) is 0 Å². The molecule has 3 rings (SSSR count). The molecule has 2 N–H and O–H groups in total. The lowest BCUT2D eigenvalue weighted by Crippen LogP contribution is -2.55. The highest BCUT2D eigenvalue weighted by Gasteiger charge is 2.60. The lowest BCUT2D eigenvalue weighted by Gasteiger charge is -2.58. The van der Waals surface area contributed by atoms with Gasteiger partial charge in [0.05, 0.1) is 6.10 Å². The first-order valence-electron chi connectivity index (χ1n) is 9.50. The first-order valence-corrected chi connectivity index (χ1v) is 9.50. The van der Waals surface area contributed by atoms with E-state index in [0.29, 0.717) is 17.8 Å². The Morgan fingerprint density at radius 2 is 2.00 bits per heavy atom. The van der Waals surface area contributed by atoms with Crippen molar-refractivity contribution in [3.63, 3.8) is 0 Å². The third-order valence-corrected chi connectivity index (χ3v) is 7.87. The zero-order valence-corrected chi connectivity index (χ0v) is 15.2. The highest BCUT2D eigenvalue weighted by atomic mass is 16.3. The van der Waals surface area contributed by atoms with E-state index in [1.54, 1.807) is 6.08 Å². The largest absolute Gasteiger partial charge is 0.396 e. The Bertz CT molecular complexity index is 551. The SMILES string of the molecule is C/C=C1/CCC2C([C@@H](O)C[C@@]3(C)C2CC[C@@H]3CO)[C@@]1(C)/C=C\C=O. The van der Waals surface area contributed by atoms with Crippen LogP contribution in [0.4, 0.5) is 0 Å². The maximum absolute atomic E-state index is 11.1. The predicted molar refractivity (Wildman–Crippen MR) is 95.3 cm³/mol. The number of aliphatic hydroxyl groups is 2. The minimum Gasteiger partial charge on any atom is -0.396 e. The third kappa shape index (κ3) is 2.43. The van der Waals surface area contributed by atoms with Crippen molar-refractivity contribution in [1.82, 2.24) is 0 Å². The molecular weight excluding hydrogens is 300 g/mol. The standard InChI is InChI=1S/C21H32O3/c1-4-14-6-8-16-17-9-7-15(13-23)21(17,3)12-18(24)19(16)20(14,2)10-5-11-22/h4-5,10-11,15-19,23-24H,6-9,12-13H2,1-3H3/b10-5-,14-4-/t15-,16?,17?,18+,19?,20+,21-/m1/s1. The van der Waals surface area contributed by atoms with Crippen LogP contribution in [0.15, 0.2) is 23.8 Å². The molecule has 134 valence electrons. The van der Waals surface area contributed by atoms with E-state index in [2.05, 4.69) is 26.8 Å². The average Bonchev–Trinajstić information content (AvgIpc) is 2.88. The summed E-state index contributed by atoms with van der Waals surface area (Å²) in [5, 5.41) is 21.0. The van der Waals surface area contributed by atoms with Crippen LogP contribution in [-0.4, -0.2) is 29.2 Å². The van der Waals surface area contributed by atoms with E-state index in [1.807, 2.05) is 6.08 Å². The molecule has 0 aromatic carbocycles. The van der Waals surface area contributed by atoms with Gasteiger partial charge in [-0.3, -0.25) is 4.79 Å². The van der Waals surface area contributed by atoms with Crippen LogP contribution in [0.3, 0.4) is 0 Å². The Morgan fingerprint density at radius 1 is 1.25 bits per heavy atom. The second-order valence-corrected chi connectivity index (χ2v) is 8.66. The number of aldehydes is 1. The first-order chi connectivity index (χ1) is 11.4. The summed E-state index contributed by atoms with van der Waals surface area (Å²) in [4.78, 5) is 10.9. The van der Waals surface area contributed by atoms with Crippen LogP contribution in [0.25, 0.3) is 0 Å². The van der Waals surface area contributed by atoms with Gasteiger partial charge in [0.25, 0.3) is 0 Å². The number of fused-ring (bicyclic) bond motifs is 3. The van der Waals surface area contributed by atoms with Gasteiger partial charge in [-0.25, -0.2) is 0 Å². The summed E-state index contributed by atoms with van der Waals surface area (Å²) in [5.41, 5.74) is 1.16. The van der Waals surface area contributed by atoms with Crippen molar-refractivity contribution in [1.29, 1.82) is 0 Å². The summed E-state index contributed by atoms with van der Waals surface area (Å²) in [7, 11) is 0. The Labute approximate surface area is 145 Å². The first kappa shape index (κ1) is 17.9. The highest BCUT2D eigenvalue weighted by molar-refractivity contribution is 5.65. The number of allylic oxidation sites excluding steroid dienone is 4. The van der Waals surface area contributed by atoms with Crippen LogP contribution in [0, 0.1) is 34.5 Å². The molecule has 3 fully saturated rings. The van der Waals surface area contributed by atoms with Gasteiger partial charge in [0, 0.05) is 17.9 Å². The van der Waals surface area contributed by atoms with Gasteiger partial charge in [-0.05, 0) is 68.3 Å². The summed E-state index contributed by atoms with van der Waals surface area (Å²) >= 11 is 0. The molecule has 0 spiro atoms. The summed E-state index contributed by atoms with van der Waals surface area (Å²) in [6, 6.07) is 0. The van der Waals surface area contributed by atoms with Crippen molar-refractivity contribution >= 4 is 6.29 Å². The molecule has 0 aliphatic heterocycles. The van der Waals surface area contributed by atoms with Crippen LogP contribution in [0.2, 0.25) is 0 Å². The Hall–Kier alpha value is -0.930. The Morgan fingerprint density at radius 3 is 2.62 bits per heavy atom. The van der Waals surface area contributed by atoms with Gasteiger partial charge in [-0.15, -0.1) is 0 Å². The maximum atomic E-state index is 11.1. The fourth-order valence-electron chi connectivity index (χ4n) is 6.72. The number of carbonyl (C=O) groups is 1. The van der Waals surface area contributed by atoms with Crippen molar-refractivity contribution in [2.75, 3.05) is 6.61 Å². The van der Waals surface area contributed by atoms with E-state index in [4.69, 9.17) is 0 Å². The molecule has 0 saturated heterocycles. The minimum absolute atomic E-state index is 0.0536. The predicted octanol–water partition coefficient (Wildman–Crippen LogP) is 3.51. The van der Waals surface area contributed by atoms with Gasteiger partial charge in [0.1, 0.15) is 6.29 Å². The molecule has 0 aromatic rings. The van der Waals surface area contributed by atoms with Crippen molar-refractivity contribution in [2.45, 2.75) is 59.0 Å². The summed E-state index contributed by atoms with van der Waals surface area (Å²) in [6.07, 6.45) is 11.4. The fourth-order valence-corrected chi connectivity index (χ4v) is 6.72. The van der Waals surface area contributed by atoms with E-state index < -0.39 is 0 Å². The maximum Gasteiger partial charge on any atom is 0.142 e. The molecule has 3 unspecified atom stereocenters. The van der Waals surface area contributed by atoms with Crippen molar-refractivity contribution < 1.29 is 15.0 Å². The quantitative estimate of drug-likeness (QED) is 0.472. The van der Waals surface area contributed by atoms with Crippen molar-refractivity contribution in [3.05, 3.63) is 23.8 Å². The van der Waals surface area contributed by atoms with E-state index in [9.17, 15) is 15.0 Å². The van der Waals surface area contributed by atoms with Crippen LogP contribution in [-0.2, 0) is 4.79 Å². The van der Waals surface area contributed by atoms with E-state index in [-0.39, 0.29) is 29.5 Å². The number of rotatable bonds is 3. The molecule has 3 aliphatic carbocycles. The zero-order valence-electron chi connectivity index (χ0n) is 15.2. The molecule has 0 amide bonds. The lowest BCUT2D eigenvalue weighted by molar-refractivity contribution is -0.119. The molecule has 0 aromatic heterocycles. The van der Waals surface area contributed by atoms with Crippen LogP contribution in [0.1, 0.15) is 52.9 Å². The van der Waals surface area contributed by atoms with Gasteiger partial charge in [0.2, 0.25) is 0 Å². The molecule has 3 saturated carbocycles. The third-order valence-electron chi connectivity index (χ3n) is 7.87. The molecule has 3 heteroatoms. The molecule has 3 nitrogen and oxygen atoms in total. The molecule has 24 heavy (non-hydrogen) atoms. The monoisotopic (exact) mass is 332 g/mol. The van der Waals surface area contributed by atoms with E-state index >= 15 is 0 Å². The second-order valence-electron chi connectivity index (χ2n) is 8.66. The van der Waals surface area contributed by atoms with Crippen molar-refractivity contribution in [2.24, 2.45) is 34.5 Å².